The summed E-state index contributed by atoms with van der Waals surface area (Å²) >= 11 is 0. The van der Waals surface area contributed by atoms with E-state index < -0.39 is 5.97 Å². The highest BCUT2D eigenvalue weighted by Gasteiger charge is 2.19. The largest absolute Gasteiger partial charge is 0.478 e. The number of aryl methyl sites for hydroxylation is 1. The van der Waals surface area contributed by atoms with E-state index in [0.29, 0.717) is 5.69 Å². The fraction of sp³-hybridized carbons (Fsp3) is 0.0588. The molecule has 1 heterocycles. The Morgan fingerprint density at radius 1 is 1.00 bits per heavy atom. The van der Waals surface area contributed by atoms with Crippen LogP contribution in [0.15, 0.2) is 54.6 Å². The number of pyridine rings is 1. The molecule has 0 aliphatic rings. The summed E-state index contributed by atoms with van der Waals surface area (Å²) in [5.74, 6) is -0.945. The third-order valence-electron chi connectivity index (χ3n) is 3.35. The van der Waals surface area contributed by atoms with Crippen molar-refractivity contribution < 1.29 is 9.90 Å². The normalized spacial score (nSPS) is 10.7. The Hall–Kier alpha value is -2.68. The summed E-state index contributed by atoms with van der Waals surface area (Å²) in [6.45, 7) is 1.74. The minimum atomic E-state index is -0.945. The van der Waals surface area contributed by atoms with Gasteiger partial charge in [-0.3, -0.25) is 4.98 Å². The zero-order valence-electron chi connectivity index (χ0n) is 11.0. The quantitative estimate of drug-likeness (QED) is 0.762. The van der Waals surface area contributed by atoms with Gasteiger partial charge in [0.25, 0.3) is 0 Å². The van der Waals surface area contributed by atoms with Crippen molar-refractivity contribution in [1.29, 1.82) is 0 Å². The summed E-state index contributed by atoms with van der Waals surface area (Å²) in [7, 11) is 0. The first-order chi connectivity index (χ1) is 9.68. The maximum Gasteiger partial charge on any atom is 0.338 e. The third-order valence-corrected chi connectivity index (χ3v) is 3.35. The van der Waals surface area contributed by atoms with E-state index in [1.54, 1.807) is 6.92 Å². The zero-order chi connectivity index (χ0) is 14.1. The number of rotatable bonds is 2. The number of aromatic carboxylic acids is 1. The highest BCUT2D eigenvalue weighted by Crippen LogP contribution is 2.32. The smallest absolute Gasteiger partial charge is 0.338 e. The molecule has 0 saturated carbocycles. The summed E-state index contributed by atoms with van der Waals surface area (Å²) in [6.07, 6.45) is 0. The van der Waals surface area contributed by atoms with E-state index in [-0.39, 0.29) is 5.56 Å². The van der Waals surface area contributed by atoms with Gasteiger partial charge in [0, 0.05) is 10.9 Å². The van der Waals surface area contributed by atoms with Gasteiger partial charge >= 0.3 is 5.97 Å². The van der Waals surface area contributed by atoms with Crippen molar-refractivity contribution >= 4 is 16.9 Å². The summed E-state index contributed by atoms with van der Waals surface area (Å²) in [6, 6.07) is 17.2. The summed E-state index contributed by atoms with van der Waals surface area (Å²) in [4.78, 5) is 16.0. The van der Waals surface area contributed by atoms with Crippen LogP contribution in [0, 0.1) is 6.92 Å². The highest BCUT2D eigenvalue weighted by molar-refractivity contribution is 6.07. The predicted molar refractivity (Wildman–Crippen MR) is 78.9 cm³/mol. The molecule has 0 saturated heterocycles. The molecule has 0 unspecified atom stereocenters. The molecule has 3 heteroatoms. The average molecular weight is 263 g/mol. The molecular weight excluding hydrogens is 250 g/mol. The van der Waals surface area contributed by atoms with Gasteiger partial charge < -0.3 is 5.11 Å². The van der Waals surface area contributed by atoms with Crippen LogP contribution in [0.25, 0.3) is 22.0 Å². The van der Waals surface area contributed by atoms with Crippen molar-refractivity contribution in [2.45, 2.75) is 6.92 Å². The van der Waals surface area contributed by atoms with E-state index in [0.717, 1.165) is 22.0 Å². The van der Waals surface area contributed by atoms with E-state index in [9.17, 15) is 9.90 Å². The van der Waals surface area contributed by atoms with Crippen molar-refractivity contribution in [3.63, 3.8) is 0 Å². The zero-order valence-corrected chi connectivity index (χ0v) is 11.0. The Balaban J connectivity index is 2.48. The molecule has 3 nitrogen and oxygen atoms in total. The van der Waals surface area contributed by atoms with Crippen LogP contribution >= 0.6 is 0 Å². The van der Waals surface area contributed by atoms with Crippen molar-refractivity contribution in [3.8, 4) is 11.1 Å². The summed E-state index contributed by atoms with van der Waals surface area (Å²) in [5, 5.41) is 10.4. The Morgan fingerprint density at radius 3 is 2.35 bits per heavy atom. The van der Waals surface area contributed by atoms with Crippen LogP contribution in [0.2, 0.25) is 0 Å². The highest BCUT2D eigenvalue weighted by atomic mass is 16.4. The molecule has 3 aromatic rings. The van der Waals surface area contributed by atoms with Gasteiger partial charge in [0.2, 0.25) is 0 Å². The molecule has 98 valence electrons. The fourth-order valence-electron chi connectivity index (χ4n) is 2.50. The van der Waals surface area contributed by atoms with E-state index in [4.69, 9.17) is 0 Å². The van der Waals surface area contributed by atoms with Crippen molar-refractivity contribution in [1.82, 2.24) is 4.98 Å². The Kier molecular flexibility index (Phi) is 2.95. The number of fused-ring (bicyclic) bond motifs is 1. The minimum Gasteiger partial charge on any atom is -0.478 e. The predicted octanol–water partition coefficient (Wildman–Crippen LogP) is 3.91. The lowest BCUT2D eigenvalue weighted by molar-refractivity contribution is 0.0696. The lowest BCUT2D eigenvalue weighted by Gasteiger charge is -2.12. The van der Waals surface area contributed by atoms with Crippen molar-refractivity contribution in [2.24, 2.45) is 0 Å². The molecule has 0 aliphatic carbocycles. The number of benzene rings is 2. The SMILES string of the molecule is Cc1nc2ccccc2c(-c2ccccc2)c1C(=O)O. The molecule has 0 atom stereocenters. The molecular formula is C17H13NO2. The van der Waals surface area contributed by atoms with Crippen LogP contribution in [0.4, 0.5) is 0 Å². The molecule has 0 fully saturated rings. The van der Waals surface area contributed by atoms with Gasteiger partial charge in [-0.25, -0.2) is 4.79 Å². The Morgan fingerprint density at radius 2 is 1.65 bits per heavy atom. The minimum absolute atomic E-state index is 0.273. The van der Waals surface area contributed by atoms with Crippen LogP contribution in [-0.2, 0) is 0 Å². The second-order valence-corrected chi connectivity index (χ2v) is 4.64. The molecule has 0 radical (unpaired) electrons. The Bertz CT molecular complexity index is 795. The van der Waals surface area contributed by atoms with Crippen LogP contribution in [0.3, 0.4) is 0 Å². The van der Waals surface area contributed by atoms with Crippen molar-refractivity contribution in [2.75, 3.05) is 0 Å². The van der Waals surface area contributed by atoms with Crippen molar-refractivity contribution in [3.05, 3.63) is 65.9 Å². The van der Waals surface area contributed by atoms with Gasteiger partial charge in [0.05, 0.1) is 16.8 Å². The number of para-hydroxylation sites is 1. The van der Waals surface area contributed by atoms with Gasteiger partial charge in [-0.15, -0.1) is 0 Å². The van der Waals surface area contributed by atoms with E-state index >= 15 is 0 Å². The average Bonchev–Trinajstić information content (AvgIpc) is 2.46. The van der Waals surface area contributed by atoms with Gasteiger partial charge in [-0.2, -0.15) is 0 Å². The second-order valence-electron chi connectivity index (χ2n) is 4.64. The number of hydrogen-bond acceptors (Lipinski definition) is 2. The first-order valence-electron chi connectivity index (χ1n) is 6.36. The molecule has 0 spiro atoms. The maximum absolute atomic E-state index is 11.6. The standard InChI is InChI=1S/C17H13NO2/c1-11-15(17(19)20)16(12-7-3-2-4-8-12)13-9-5-6-10-14(13)18-11/h2-10H,1H3,(H,19,20). The first-order valence-corrected chi connectivity index (χ1v) is 6.36. The second kappa shape index (κ2) is 4.78. The molecule has 0 amide bonds. The van der Waals surface area contributed by atoms with E-state index in [1.807, 2.05) is 54.6 Å². The number of carbonyl (C=O) groups is 1. The molecule has 1 aromatic heterocycles. The fourth-order valence-corrected chi connectivity index (χ4v) is 2.50. The van der Waals surface area contributed by atoms with E-state index in [2.05, 4.69) is 4.98 Å². The topological polar surface area (TPSA) is 50.2 Å². The molecule has 0 aliphatic heterocycles. The number of aromatic nitrogens is 1. The lowest BCUT2D eigenvalue weighted by Crippen LogP contribution is -2.05. The van der Waals surface area contributed by atoms with E-state index in [1.165, 1.54) is 0 Å². The first kappa shape index (κ1) is 12.4. The monoisotopic (exact) mass is 263 g/mol. The van der Waals surface area contributed by atoms with Gasteiger partial charge in [0.15, 0.2) is 0 Å². The third kappa shape index (κ3) is 1.93. The molecule has 3 rings (SSSR count). The van der Waals surface area contributed by atoms with Gasteiger partial charge in [-0.1, -0.05) is 48.5 Å². The number of carboxylic acid groups (broad SMARTS) is 1. The maximum atomic E-state index is 11.6. The van der Waals surface area contributed by atoms with Gasteiger partial charge in [0.1, 0.15) is 0 Å². The lowest BCUT2D eigenvalue weighted by atomic mass is 9.94. The number of carboxylic acids is 1. The van der Waals surface area contributed by atoms with Crippen LogP contribution in [0.5, 0.6) is 0 Å². The molecule has 20 heavy (non-hydrogen) atoms. The summed E-state index contributed by atoms with van der Waals surface area (Å²) in [5.41, 5.74) is 3.26. The van der Waals surface area contributed by atoms with Crippen LogP contribution in [-0.4, -0.2) is 16.1 Å². The number of hydrogen-bond donors (Lipinski definition) is 1. The molecule has 0 bridgehead atoms. The van der Waals surface area contributed by atoms with Crippen LogP contribution in [0.1, 0.15) is 16.1 Å². The van der Waals surface area contributed by atoms with Gasteiger partial charge in [-0.05, 0) is 18.6 Å². The van der Waals surface area contributed by atoms with Crippen LogP contribution < -0.4 is 0 Å². The molecule has 1 N–H and O–H groups in total. The summed E-state index contributed by atoms with van der Waals surface area (Å²) < 4.78 is 0. The number of nitrogens with zero attached hydrogens (tertiary/aromatic N) is 1. The Labute approximate surface area is 116 Å². The molecule has 2 aromatic carbocycles.